The minimum Gasteiger partial charge on any atom is -0.313 e. The van der Waals surface area contributed by atoms with Crippen LogP contribution < -0.4 is 5.32 Å². The van der Waals surface area contributed by atoms with E-state index in [1.807, 2.05) is 12.1 Å². The predicted octanol–water partition coefficient (Wildman–Crippen LogP) is 2.77. The minimum absolute atomic E-state index is 0.504. The van der Waals surface area contributed by atoms with Crippen LogP contribution in [0.5, 0.6) is 0 Å². The van der Waals surface area contributed by atoms with E-state index in [4.69, 9.17) is 0 Å². The molecule has 0 saturated carbocycles. The molecule has 1 aliphatic heterocycles. The van der Waals surface area contributed by atoms with Crippen molar-refractivity contribution in [3.05, 3.63) is 35.5 Å². The van der Waals surface area contributed by atoms with Crippen molar-refractivity contribution in [3.8, 4) is 0 Å². The van der Waals surface area contributed by atoms with E-state index in [-0.39, 0.29) is 0 Å². The van der Waals surface area contributed by atoms with Gasteiger partial charge in [0, 0.05) is 23.5 Å². The lowest BCUT2D eigenvalue weighted by Crippen LogP contribution is -2.43. The van der Waals surface area contributed by atoms with Gasteiger partial charge in [-0.15, -0.1) is 0 Å². The Bertz CT molecular complexity index is 587. The second-order valence-electron chi connectivity index (χ2n) is 5.22. The summed E-state index contributed by atoms with van der Waals surface area (Å²) >= 11 is 0. The molecule has 1 saturated heterocycles. The van der Waals surface area contributed by atoms with Crippen molar-refractivity contribution in [2.45, 2.75) is 31.2 Å². The summed E-state index contributed by atoms with van der Waals surface area (Å²) < 4.78 is 13.8. The molecule has 2 heterocycles. The highest BCUT2D eigenvalue weighted by Crippen LogP contribution is 2.41. The first-order valence-corrected chi connectivity index (χ1v) is 6.37. The van der Waals surface area contributed by atoms with Crippen LogP contribution in [-0.4, -0.2) is 17.4 Å². The van der Waals surface area contributed by atoms with Crippen LogP contribution in [0.4, 0.5) is 4.48 Å². The summed E-state index contributed by atoms with van der Waals surface area (Å²) in [5.41, 5.74) is 3.24. The topological polar surface area (TPSA) is 17.0 Å². The van der Waals surface area contributed by atoms with Gasteiger partial charge in [0.2, 0.25) is 0 Å². The molecular weight excluding hydrogens is 215 g/mol. The summed E-state index contributed by atoms with van der Waals surface area (Å²) in [6, 6.07) is 6.53. The number of hydrogen-bond acceptors (Lipinski definition) is 1. The molecule has 4 rings (SSSR count). The second kappa shape index (κ2) is 3.33. The summed E-state index contributed by atoms with van der Waals surface area (Å²) in [7, 11) is 0. The zero-order chi connectivity index (χ0) is 11.4. The standard InChI is InChI=1S/C14H15FN2/c15-17-8-9-7-12-10(4-2-6-16-12)11-3-1-5-13(17)14(9)11/h1,3,5,8,10,12,16H,2,4,6-7H2/t10-,12-/m1/s1. The smallest absolute Gasteiger partial charge is 0.0818 e. The number of nitrogens with one attached hydrogen (secondary N) is 1. The molecule has 0 amide bonds. The molecule has 1 aliphatic carbocycles. The third kappa shape index (κ3) is 1.23. The van der Waals surface area contributed by atoms with E-state index in [2.05, 4.69) is 11.4 Å². The van der Waals surface area contributed by atoms with Crippen molar-refractivity contribution in [1.82, 2.24) is 10.1 Å². The zero-order valence-corrected chi connectivity index (χ0v) is 9.62. The van der Waals surface area contributed by atoms with Gasteiger partial charge in [-0.2, -0.15) is 4.79 Å². The number of halogens is 1. The van der Waals surface area contributed by atoms with Gasteiger partial charge in [0.15, 0.2) is 0 Å². The summed E-state index contributed by atoms with van der Waals surface area (Å²) in [5.74, 6) is 0.572. The molecule has 2 atom stereocenters. The van der Waals surface area contributed by atoms with E-state index in [9.17, 15) is 4.48 Å². The summed E-state index contributed by atoms with van der Waals surface area (Å²) in [6.07, 6.45) is 5.08. The first-order valence-electron chi connectivity index (χ1n) is 6.37. The van der Waals surface area contributed by atoms with E-state index < -0.39 is 0 Å². The van der Waals surface area contributed by atoms with E-state index in [1.165, 1.54) is 23.8 Å². The average molecular weight is 230 g/mol. The van der Waals surface area contributed by atoms with Crippen molar-refractivity contribution >= 4 is 10.9 Å². The largest absolute Gasteiger partial charge is 0.313 e. The van der Waals surface area contributed by atoms with Crippen molar-refractivity contribution in [2.75, 3.05) is 6.54 Å². The molecule has 2 nitrogen and oxygen atoms in total. The Balaban J connectivity index is 2.00. The van der Waals surface area contributed by atoms with Gasteiger partial charge in [-0.1, -0.05) is 16.6 Å². The quantitative estimate of drug-likeness (QED) is 0.736. The molecule has 88 valence electrons. The maximum absolute atomic E-state index is 13.8. The first-order chi connectivity index (χ1) is 8.34. The summed E-state index contributed by atoms with van der Waals surface area (Å²) in [4.78, 5) is 0.783. The number of fused-ring (bicyclic) bond motifs is 2. The van der Waals surface area contributed by atoms with Gasteiger partial charge in [-0.3, -0.25) is 0 Å². The van der Waals surface area contributed by atoms with Crippen LogP contribution in [-0.2, 0) is 6.42 Å². The van der Waals surface area contributed by atoms with Crippen LogP contribution in [0.15, 0.2) is 24.4 Å². The van der Waals surface area contributed by atoms with Gasteiger partial charge in [0.05, 0.1) is 5.52 Å². The first kappa shape index (κ1) is 9.66. The van der Waals surface area contributed by atoms with Crippen LogP contribution in [0, 0.1) is 0 Å². The van der Waals surface area contributed by atoms with Crippen LogP contribution in [0.25, 0.3) is 10.9 Å². The molecule has 0 unspecified atom stereocenters. The fraction of sp³-hybridized carbons (Fsp3) is 0.429. The molecule has 17 heavy (non-hydrogen) atoms. The van der Waals surface area contributed by atoms with Gasteiger partial charge >= 0.3 is 0 Å². The lowest BCUT2D eigenvalue weighted by atomic mass is 9.76. The maximum Gasteiger partial charge on any atom is 0.0818 e. The predicted molar refractivity (Wildman–Crippen MR) is 65.9 cm³/mol. The Labute approximate surface area is 99.4 Å². The van der Waals surface area contributed by atoms with Crippen molar-refractivity contribution in [3.63, 3.8) is 0 Å². The number of hydrogen-bond donors (Lipinski definition) is 1. The highest BCUT2D eigenvalue weighted by Gasteiger charge is 2.33. The Morgan fingerprint density at radius 1 is 1.35 bits per heavy atom. The molecule has 2 aliphatic rings. The molecule has 2 aromatic rings. The third-order valence-corrected chi connectivity index (χ3v) is 4.32. The van der Waals surface area contributed by atoms with E-state index in [0.717, 1.165) is 28.8 Å². The molecular formula is C14H15FN2. The number of piperidine rings is 1. The molecule has 1 aromatic carbocycles. The van der Waals surface area contributed by atoms with Crippen molar-refractivity contribution in [1.29, 1.82) is 0 Å². The maximum atomic E-state index is 13.8. The highest BCUT2D eigenvalue weighted by atomic mass is 19.2. The Morgan fingerprint density at radius 3 is 3.24 bits per heavy atom. The van der Waals surface area contributed by atoms with Crippen LogP contribution in [0.1, 0.15) is 29.9 Å². The fourth-order valence-electron chi connectivity index (χ4n) is 3.60. The van der Waals surface area contributed by atoms with Crippen LogP contribution in [0.2, 0.25) is 0 Å². The second-order valence-corrected chi connectivity index (χ2v) is 5.22. The molecule has 3 heteroatoms. The van der Waals surface area contributed by atoms with Crippen molar-refractivity contribution < 1.29 is 4.48 Å². The Morgan fingerprint density at radius 2 is 2.29 bits per heavy atom. The van der Waals surface area contributed by atoms with Gasteiger partial charge in [0.1, 0.15) is 0 Å². The molecule has 1 aromatic heterocycles. The Hall–Kier alpha value is -1.35. The Kier molecular flexibility index (Phi) is 1.89. The third-order valence-electron chi connectivity index (χ3n) is 4.32. The molecule has 1 fully saturated rings. The zero-order valence-electron chi connectivity index (χ0n) is 9.62. The monoisotopic (exact) mass is 230 g/mol. The molecule has 0 spiro atoms. The number of nitrogens with zero attached hydrogens (tertiary/aromatic N) is 1. The van der Waals surface area contributed by atoms with Crippen LogP contribution in [0.3, 0.4) is 0 Å². The van der Waals surface area contributed by atoms with E-state index in [1.54, 1.807) is 6.20 Å². The van der Waals surface area contributed by atoms with Gasteiger partial charge in [-0.05, 0) is 43.0 Å². The molecule has 0 bridgehead atoms. The lowest BCUT2D eigenvalue weighted by molar-refractivity contribution is 0.344. The number of aromatic nitrogens is 1. The van der Waals surface area contributed by atoms with E-state index in [0.29, 0.717) is 12.0 Å². The van der Waals surface area contributed by atoms with Crippen LogP contribution >= 0.6 is 0 Å². The van der Waals surface area contributed by atoms with Crippen molar-refractivity contribution in [2.24, 2.45) is 0 Å². The van der Waals surface area contributed by atoms with Gasteiger partial charge in [0.25, 0.3) is 0 Å². The SMILES string of the molecule is Fn1cc2c3c(cccc31)[C@H]1CCCN[C@@H]1C2. The number of rotatable bonds is 0. The lowest BCUT2D eigenvalue weighted by Gasteiger charge is -2.36. The molecule has 0 radical (unpaired) electrons. The normalized spacial score (nSPS) is 27.1. The van der Waals surface area contributed by atoms with E-state index >= 15 is 0 Å². The number of benzene rings is 1. The summed E-state index contributed by atoms with van der Waals surface area (Å²) in [5, 5.41) is 4.75. The fourth-order valence-corrected chi connectivity index (χ4v) is 3.60. The van der Waals surface area contributed by atoms with Gasteiger partial charge in [-0.25, -0.2) is 0 Å². The minimum atomic E-state index is 0.504. The molecule has 1 N–H and O–H groups in total. The van der Waals surface area contributed by atoms with Gasteiger partial charge < -0.3 is 5.32 Å². The highest BCUT2D eigenvalue weighted by molar-refractivity contribution is 5.88. The average Bonchev–Trinajstić information content (AvgIpc) is 2.68. The summed E-state index contributed by atoms with van der Waals surface area (Å²) in [6.45, 7) is 1.10.